The van der Waals surface area contributed by atoms with Crippen LogP contribution in [0.1, 0.15) is 22.3 Å². The molecule has 0 fully saturated rings. The average molecular weight is 693 g/mol. The van der Waals surface area contributed by atoms with Gasteiger partial charge in [0.25, 0.3) is 0 Å². The van der Waals surface area contributed by atoms with Gasteiger partial charge in [-0.25, -0.2) is 0 Å². The Morgan fingerprint density at radius 2 is 0.611 bits per heavy atom. The number of fused-ring (bicyclic) bond motifs is 3. The van der Waals surface area contributed by atoms with Gasteiger partial charge in [-0.3, -0.25) is 0 Å². The normalized spacial score (nSPS) is 11.4. The molecule has 0 radical (unpaired) electrons. The molecule has 0 N–H and O–H groups in total. The molecule has 9 aromatic rings. The van der Waals surface area contributed by atoms with Crippen molar-refractivity contribution in [3.8, 4) is 0 Å². The van der Waals surface area contributed by atoms with Gasteiger partial charge < -0.3 is 9.80 Å². The fourth-order valence-electron chi connectivity index (χ4n) is 7.45. The number of rotatable bonds is 8. The summed E-state index contributed by atoms with van der Waals surface area (Å²) in [6.07, 6.45) is 4.40. The maximum Gasteiger partial charge on any atom is 0.0468 e. The molecule has 0 spiro atoms. The first-order chi connectivity index (χ1) is 26.5. The third kappa shape index (κ3) is 6.74. The molecule has 258 valence electrons. The van der Waals surface area contributed by atoms with E-state index in [0.717, 1.165) is 39.7 Å². The standard InChI is InChI=1S/C52H40N2/c1-37-13-20-44-34-50(28-23-41(44)31-37)53(47-9-5-3-6-10-47)49-26-18-39(19-27-49)15-16-40-17-22-46-36-52(30-25-43(46)33-40)54(48-11-7-4-8-12-48)51-29-24-42-32-38(2)14-21-45(42)35-51/h3-36H,1-2H3/b16-15+. The first kappa shape index (κ1) is 33.0. The molecule has 2 nitrogen and oxygen atoms in total. The molecule has 0 unspecified atom stereocenters. The van der Waals surface area contributed by atoms with E-state index in [-0.39, 0.29) is 0 Å². The van der Waals surface area contributed by atoms with Gasteiger partial charge in [0, 0.05) is 34.1 Å². The van der Waals surface area contributed by atoms with Crippen LogP contribution in [0.15, 0.2) is 194 Å². The Morgan fingerprint density at radius 3 is 1.11 bits per heavy atom. The fourth-order valence-corrected chi connectivity index (χ4v) is 7.45. The van der Waals surface area contributed by atoms with Crippen LogP contribution in [0.5, 0.6) is 0 Å². The maximum atomic E-state index is 2.34. The minimum atomic E-state index is 1.12. The van der Waals surface area contributed by atoms with Crippen LogP contribution in [0.2, 0.25) is 0 Å². The summed E-state index contributed by atoms with van der Waals surface area (Å²) in [5, 5.41) is 7.40. The van der Waals surface area contributed by atoms with Crippen molar-refractivity contribution in [2.75, 3.05) is 9.80 Å². The number of anilines is 6. The number of aryl methyl sites for hydroxylation is 2. The molecule has 0 aliphatic carbocycles. The highest BCUT2D eigenvalue weighted by atomic mass is 15.1. The largest absolute Gasteiger partial charge is 0.310 e. The molecular formula is C52H40N2. The second kappa shape index (κ2) is 14.3. The SMILES string of the molecule is Cc1ccc2cc(N(c3ccccc3)c3ccc(/C=C/c4ccc5cc(N(c6ccccc6)c6ccc7cc(C)ccc7c6)ccc5c4)cc3)ccc2c1. The molecule has 2 heteroatoms. The van der Waals surface area contributed by atoms with Crippen molar-refractivity contribution in [1.29, 1.82) is 0 Å². The van der Waals surface area contributed by atoms with Crippen molar-refractivity contribution in [2.24, 2.45) is 0 Å². The zero-order valence-electron chi connectivity index (χ0n) is 30.5. The summed E-state index contributed by atoms with van der Waals surface area (Å²) in [7, 11) is 0. The van der Waals surface area contributed by atoms with Crippen LogP contribution < -0.4 is 9.80 Å². The summed E-state index contributed by atoms with van der Waals surface area (Å²) in [4.78, 5) is 4.67. The highest BCUT2D eigenvalue weighted by Gasteiger charge is 2.15. The quantitative estimate of drug-likeness (QED) is 0.146. The lowest BCUT2D eigenvalue weighted by molar-refractivity contribution is 1.29. The van der Waals surface area contributed by atoms with E-state index in [1.54, 1.807) is 0 Å². The van der Waals surface area contributed by atoms with Crippen molar-refractivity contribution in [3.05, 3.63) is 216 Å². The van der Waals surface area contributed by atoms with Crippen molar-refractivity contribution in [1.82, 2.24) is 0 Å². The molecule has 0 amide bonds. The molecule has 0 atom stereocenters. The molecule has 0 saturated carbocycles. The molecule has 54 heavy (non-hydrogen) atoms. The predicted molar refractivity (Wildman–Crippen MR) is 233 cm³/mol. The maximum absolute atomic E-state index is 2.34. The Hall–Kier alpha value is -6.90. The van der Waals surface area contributed by atoms with Crippen LogP contribution >= 0.6 is 0 Å². The molecule has 0 heterocycles. The Bertz CT molecular complexity index is 2780. The van der Waals surface area contributed by atoms with Gasteiger partial charge in [-0.2, -0.15) is 0 Å². The molecule has 0 aliphatic heterocycles. The van der Waals surface area contributed by atoms with Crippen molar-refractivity contribution >= 4 is 78.6 Å². The van der Waals surface area contributed by atoms with E-state index in [9.17, 15) is 0 Å². The average Bonchev–Trinajstić information content (AvgIpc) is 3.21. The highest BCUT2D eigenvalue weighted by molar-refractivity contribution is 5.94. The van der Waals surface area contributed by atoms with E-state index in [2.05, 4.69) is 230 Å². The molecule has 0 aromatic heterocycles. The zero-order valence-corrected chi connectivity index (χ0v) is 30.5. The van der Waals surface area contributed by atoms with Crippen molar-refractivity contribution in [2.45, 2.75) is 13.8 Å². The zero-order chi connectivity index (χ0) is 36.4. The number of hydrogen-bond acceptors (Lipinski definition) is 2. The van der Waals surface area contributed by atoms with Crippen LogP contribution in [-0.2, 0) is 0 Å². The van der Waals surface area contributed by atoms with Gasteiger partial charge in [0.2, 0.25) is 0 Å². The van der Waals surface area contributed by atoms with Gasteiger partial charge in [0.05, 0.1) is 0 Å². The Morgan fingerprint density at radius 1 is 0.278 bits per heavy atom. The van der Waals surface area contributed by atoms with Crippen LogP contribution in [0.25, 0.3) is 44.5 Å². The molecule has 0 bridgehead atoms. The Labute approximate surface area is 317 Å². The van der Waals surface area contributed by atoms with E-state index >= 15 is 0 Å². The fraction of sp³-hybridized carbons (Fsp3) is 0.0385. The monoisotopic (exact) mass is 692 g/mol. The van der Waals surface area contributed by atoms with Gasteiger partial charge in [-0.05, 0) is 136 Å². The van der Waals surface area contributed by atoms with Crippen molar-refractivity contribution < 1.29 is 0 Å². The molecule has 0 aliphatic rings. The lowest BCUT2D eigenvalue weighted by atomic mass is 10.0. The van der Waals surface area contributed by atoms with E-state index in [1.807, 2.05) is 0 Å². The number of benzene rings is 9. The van der Waals surface area contributed by atoms with Crippen LogP contribution in [-0.4, -0.2) is 0 Å². The van der Waals surface area contributed by atoms with E-state index in [0.29, 0.717) is 0 Å². The number of nitrogens with zero attached hydrogens (tertiary/aromatic N) is 2. The molecular weight excluding hydrogens is 653 g/mol. The van der Waals surface area contributed by atoms with Gasteiger partial charge in [-0.1, -0.05) is 139 Å². The summed E-state index contributed by atoms with van der Waals surface area (Å²) in [5.41, 5.74) is 11.7. The minimum Gasteiger partial charge on any atom is -0.310 e. The predicted octanol–water partition coefficient (Wildman–Crippen LogP) is 14.9. The van der Waals surface area contributed by atoms with Gasteiger partial charge in [0.1, 0.15) is 0 Å². The third-order valence-electron chi connectivity index (χ3n) is 10.2. The van der Waals surface area contributed by atoms with E-state index < -0.39 is 0 Å². The van der Waals surface area contributed by atoms with E-state index in [1.165, 1.54) is 49.0 Å². The van der Waals surface area contributed by atoms with Gasteiger partial charge >= 0.3 is 0 Å². The van der Waals surface area contributed by atoms with Crippen molar-refractivity contribution in [3.63, 3.8) is 0 Å². The summed E-state index contributed by atoms with van der Waals surface area (Å²) >= 11 is 0. The van der Waals surface area contributed by atoms with Gasteiger partial charge in [0.15, 0.2) is 0 Å². The molecule has 9 aromatic carbocycles. The van der Waals surface area contributed by atoms with Gasteiger partial charge in [-0.15, -0.1) is 0 Å². The number of para-hydroxylation sites is 2. The molecule has 9 rings (SSSR count). The minimum absolute atomic E-state index is 1.12. The van der Waals surface area contributed by atoms with Crippen LogP contribution in [0, 0.1) is 13.8 Å². The lowest BCUT2D eigenvalue weighted by Gasteiger charge is -2.26. The topological polar surface area (TPSA) is 6.48 Å². The summed E-state index contributed by atoms with van der Waals surface area (Å²) < 4.78 is 0. The summed E-state index contributed by atoms with van der Waals surface area (Å²) in [5.74, 6) is 0. The first-order valence-electron chi connectivity index (χ1n) is 18.6. The molecule has 0 saturated heterocycles. The second-order valence-corrected chi connectivity index (χ2v) is 14.1. The summed E-state index contributed by atoms with van der Waals surface area (Å²) in [6.45, 7) is 4.29. The summed E-state index contributed by atoms with van der Waals surface area (Å²) in [6, 6.07) is 70.3. The number of hydrogen-bond donors (Lipinski definition) is 0. The first-order valence-corrected chi connectivity index (χ1v) is 18.6. The highest BCUT2D eigenvalue weighted by Crippen LogP contribution is 2.39. The Balaban J connectivity index is 0.987. The smallest absolute Gasteiger partial charge is 0.0468 e. The second-order valence-electron chi connectivity index (χ2n) is 14.1. The lowest BCUT2D eigenvalue weighted by Crippen LogP contribution is -2.09. The Kier molecular flexibility index (Phi) is 8.70. The third-order valence-corrected chi connectivity index (χ3v) is 10.2. The van der Waals surface area contributed by atoms with Crippen LogP contribution in [0.3, 0.4) is 0 Å². The van der Waals surface area contributed by atoms with Crippen LogP contribution in [0.4, 0.5) is 34.1 Å². The van der Waals surface area contributed by atoms with E-state index in [4.69, 9.17) is 0 Å².